The summed E-state index contributed by atoms with van der Waals surface area (Å²) in [5.74, 6) is -1.30. The van der Waals surface area contributed by atoms with Gasteiger partial charge in [-0.15, -0.1) is 0 Å². The Labute approximate surface area is 96.9 Å². The summed E-state index contributed by atoms with van der Waals surface area (Å²) >= 11 is 0. The number of pyridine rings is 1. The second-order valence-electron chi connectivity index (χ2n) is 3.35. The maximum absolute atomic E-state index is 13.3. The molecule has 88 valence electrons. The molecule has 1 aromatic heterocycles. The molecule has 0 aliphatic rings. The fourth-order valence-electron chi connectivity index (χ4n) is 1.33. The molecular formula is C12H10F2N2O. The molecule has 0 amide bonds. The third-order valence-corrected chi connectivity index (χ3v) is 2.17. The lowest BCUT2D eigenvalue weighted by atomic mass is 10.2. The molecular weight excluding hydrogens is 226 g/mol. The van der Waals surface area contributed by atoms with Gasteiger partial charge in [0.05, 0.1) is 0 Å². The topological polar surface area (TPSA) is 48.1 Å². The lowest BCUT2D eigenvalue weighted by Crippen LogP contribution is -2.01. The third-order valence-electron chi connectivity index (χ3n) is 2.17. The Balaban J connectivity index is 2.31. The number of benzene rings is 1. The van der Waals surface area contributed by atoms with Crippen LogP contribution in [0.15, 0.2) is 36.5 Å². The highest BCUT2D eigenvalue weighted by molar-refractivity contribution is 5.33. The molecule has 0 aliphatic carbocycles. The van der Waals surface area contributed by atoms with Crippen LogP contribution in [-0.2, 0) is 6.54 Å². The van der Waals surface area contributed by atoms with Crippen molar-refractivity contribution in [3.8, 4) is 11.6 Å². The van der Waals surface area contributed by atoms with E-state index in [2.05, 4.69) is 4.98 Å². The number of rotatable bonds is 3. The van der Waals surface area contributed by atoms with Crippen LogP contribution in [0.25, 0.3) is 0 Å². The van der Waals surface area contributed by atoms with Crippen molar-refractivity contribution < 1.29 is 13.5 Å². The van der Waals surface area contributed by atoms with E-state index in [0.717, 1.165) is 12.1 Å². The Bertz CT molecular complexity index is 532. The molecule has 0 fully saturated rings. The molecule has 0 spiro atoms. The van der Waals surface area contributed by atoms with Crippen LogP contribution in [0.3, 0.4) is 0 Å². The zero-order valence-corrected chi connectivity index (χ0v) is 8.86. The zero-order valence-electron chi connectivity index (χ0n) is 8.86. The Morgan fingerprint density at radius 2 is 2.06 bits per heavy atom. The van der Waals surface area contributed by atoms with Crippen LogP contribution in [0.1, 0.15) is 5.56 Å². The summed E-state index contributed by atoms with van der Waals surface area (Å²) in [6.45, 7) is 0.228. The minimum Gasteiger partial charge on any atom is -0.436 e. The summed E-state index contributed by atoms with van der Waals surface area (Å²) in [6, 6.07) is 6.50. The number of nitrogens with two attached hydrogens (primary N) is 1. The van der Waals surface area contributed by atoms with Gasteiger partial charge < -0.3 is 10.5 Å². The highest BCUT2D eigenvalue weighted by atomic mass is 19.1. The number of ether oxygens (including phenoxy) is 1. The number of hydrogen-bond acceptors (Lipinski definition) is 3. The number of halogens is 2. The van der Waals surface area contributed by atoms with Gasteiger partial charge in [-0.3, -0.25) is 0 Å². The Morgan fingerprint density at radius 1 is 1.24 bits per heavy atom. The van der Waals surface area contributed by atoms with Crippen molar-refractivity contribution in [1.29, 1.82) is 0 Å². The maximum Gasteiger partial charge on any atom is 0.223 e. The van der Waals surface area contributed by atoms with Crippen molar-refractivity contribution in [2.24, 2.45) is 5.73 Å². The van der Waals surface area contributed by atoms with Crippen molar-refractivity contribution >= 4 is 0 Å². The first-order valence-electron chi connectivity index (χ1n) is 4.97. The second-order valence-corrected chi connectivity index (χ2v) is 3.35. The first-order chi connectivity index (χ1) is 8.20. The van der Waals surface area contributed by atoms with Gasteiger partial charge in [-0.25, -0.2) is 13.8 Å². The number of hydrogen-bond donors (Lipinski definition) is 1. The molecule has 2 rings (SSSR count). The number of nitrogens with zero attached hydrogens (tertiary/aromatic N) is 1. The van der Waals surface area contributed by atoms with Gasteiger partial charge in [-0.2, -0.15) is 0 Å². The Hall–Kier alpha value is -2.01. The molecule has 17 heavy (non-hydrogen) atoms. The standard InChI is InChI=1S/C12H10F2N2O/c13-9-3-4-11(10(14)6-9)17-12-8(7-15)2-1-5-16-12/h1-6H,7,15H2. The van der Waals surface area contributed by atoms with Crippen LogP contribution in [0.2, 0.25) is 0 Å². The monoisotopic (exact) mass is 236 g/mol. The second kappa shape index (κ2) is 4.88. The first kappa shape index (κ1) is 11.5. The molecule has 3 nitrogen and oxygen atoms in total. The lowest BCUT2D eigenvalue weighted by Gasteiger charge is -2.08. The van der Waals surface area contributed by atoms with Crippen LogP contribution in [-0.4, -0.2) is 4.98 Å². The highest BCUT2D eigenvalue weighted by Gasteiger charge is 2.09. The average Bonchev–Trinajstić information content (AvgIpc) is 2.33. The summed E-state index contributed by atoms with van der Waals surface area (Å²) in [6.07, 6.45) is 1.51. The minimum atomic E-state index is -0.779. The van der Waals surface area contributed by atoms with Gasteiger partial charge in [-0.05, 0) is 18.2 Å². The summed E-state index contributed by atoms with van der Waals surface area (Å²) in [5.41, 5.74) is 6.14. The summed E-state index contributed by atoms with van der Waals surface area (Å²) in [5, 5.41) is 0. The highest BCUT2D eigenvalue weighted by Crippen LogP contribution is 2.25. The van der Waals surface area contributed by atoms with E-state index in [9.17, 15) is 8.78 Å². The Kier molecular flexibility index (Phi) is 3.30. The van der Waals surface area contributed by atoms with E-state index in [0.29, 0.717) is 5.56 Å². The number of aromatic nitrogens is 1. The molecule has 5 heteroatoms. The molecule has 0 saturated carbocycles. The van der Waals surface area contributed by atoms with Crippen molar-refractivity contribution in [3.63, 3.8) is 0 Å². The van der Waals surface area contributed by atoms with Crippen LogP contribution < -0.4 is 10.5 Å². The largest absolute Gasteiger partial charge is 0.436 e. The van der Waals surface area contributed by atoms with E-state index in [4.69, 9.17) is 10.5 Å². The van der Waals surface area contributed by atoms with Gasteiger partial charge in [0.2, 0.25) is 5.88 Å². The predicted molar refractivity (Wildman–Crippen MR) is 58.6 cm³/mol. The predicted octanol–water partition coefficient (Wildman–Crippen LogP) is 2.61. The SMILES string of the molecule is NCc1cccnc1Oc1ccc(F)cc1F. The van der Waals surface area contributed by atoms with Crippen LogP contribution in [0.5, 0.6) is 11.6 Å². The van der Waals surface area contributed by atoms with Crippen LogP contribution >= 0.6 is 0 Å². The van der Waals surface area contributed by atoms with E-state index >= 15 is 0 Å². The van der Waals surface area contributed by atoms with E-state index < -0.39 is 11.6 Å². The molecule has 0 unspecified atom stereocenters. The maximum atomic E-state index is 13.3. The van der Waals surface area contributed by atoms with Gasteiger partial charge in [0.1, 0.15) is 5.82 Å². The summed E-state index contributed by atoms with van der Waals surface area (Å²) in [7, 11) is 0. The lowest BCUT2D eigenvalue weighted by molar-refractivity contribution is 0.419. The van der Waals surface area contributed by atoms with E-state index in [1.807, 2.05) is 0 Å². The third kappa shape index (κ3) is 2.57. The van der Waals surface area contributed by atoms with Gasteiger partial charge in [0.25, 0.3) is 0 Å². The molecule has 0 saturated heterocycles. The fourth-order valence-corrected chi connectivity index (χ4v) is 1.33. The molecule has 2 aromatic rings. The fraction of sp³-hybridized carbons (Fsp3) is 0.0833. The molecule has 0 aliphatic heterocycles. The smallest absolute Gasteiger partial charge is 0.223 e. The molecule has 1 aromatic carbocycles. The average molecular weight is 236 g/mol. The summed E-state index contributed by atoms with van der Waals surface area (Å²) < 4.78 is 31.3. The van der Waals surface area contributed by atoms with Crippen LogP contribution in [0, 0.1) is 11.6 Å². The van der Waals surface area contributed by atoms with E-state index in [-0.39, 0.29) is 18.2 Å². The summed E-state index contributed by atoms with van der Waals surface area (Å²) in [4.78, 5) is 3.95. The van der Waals surface area contributed by atoms with Crippen molar-refractivity contribution in [2.45, 2.75) is 6.54 Å². The molecule has 0 bridgehead atoms. The quantitative estimate of drug-likeness (QED) is 0.891. The van der Waals surface area contributed by atoms with Crippen molar-refractivity contribution in [1.82, 2.24) is 4.98 Å². The minimum absolute atomic E-state index is 0.0835. The van der Waals surface area contributed by atoms with Gasteiger partial charge >= 0.3 is 0 Å². The Morgan fingerprint density at radius 3 is 2.76 bits per heavy atom. The normalized spacial score (nSPS) is 10.3. The van der Waals surface area contributed by atoms with Gasteiger partial charge in [0, 0.05) is 24.4 Å². The van der Waals surface area contributed by atoms with Gasteiger partial charge in [0.15, 0.2) is 11.6 Å². The molecule has 0 radical (unpaired) electrons. The molecule has 1 heterocycles. The van der Waals surface area contributed by atoms with Crippen LogP contribution in [0.4, 0.5) is 8.78 Å². The molecule has 2 N–H and O–H groups in total. The molecule has 0 atom stereocenters. The van der Waals surface area contributed by atoms with Gasteiger partial charge in [-0.1, -0.05) is 6.07 Å². The van der Waals surface area contributed by atoms with Crippen molar-refractivity contribution in [2.75, 3.05) is 0 Å². The first-order valence-corrected chi connectivity index (χ1v) is 4.97. The van der Waals surface area contributed by atoms with E-state index in [1.165, 1.54) is 12.3 Å². The van der Waals surface area contributed by atoms with Crippen molar-refractivity contribution in [3.05, 3.63) is 53.7 Å². The zero-order chi connectivity index (χ0) is 12.3. The van der Waals surface area contributed by atoms with E-state index in [1.54, 1.807) is 12.1 Å².